The van der Waals surface area contributed by atoms with E-state index in [1.165, 1.54) is 14.0 Å². The van der Waals surface area contributed by atoms with E-state index in [1.807, 2.05) is 6.07 Å². The van der Waals surface area contributed by atoms with Crippen molar-refractivity contribution in [2.24, 2.45) is 0 Å². The number of likely N-dealkylation sites (tertiary alicyclic amines) is 1. The van der Waals surface area contributed by atoms with Crippen molar-refractivity contribution in [2.75, 3.05) is 32.0 Å². The molecule has 1 fully saturated rings. The Labute approximate surface area is 139 Å². The van der Waals surface area contributed by atoms with E-state index in [1.54, 1.807) is 17.2 Å². The molecule has 0 bridgehead atoms. The van der Waals surface area contributed by atoms with E-state index < -0.39 is 18.8 Å². The first kappa shape index (κ1) is 18.4. The number of hydrogen-bond acceptors (Lipinski definition) is 5. The topological polar surface area (TPSA) is 61.4 Å². The van der Waals surface area contributed by atoms with Crippen molar-refractivity contribution in [3.63, 3.8) is 0 Å². The largest absolute Gasteiger partial charge is 0.401 e. The van der Waals surface area contributed by atoms with Crippen molar-refractivity contribution in [2.45, 2.75) is 38.0 Å². The molecule has 1 aliphatic rings. The normalized spacial score (nSPS) is 17.8. The van der Waals surface area contributed by atoms with Crippen molar-refractivity contribution in [3.8, 4) is 0 Å². The summed E-state index contributed by atoms with van der Waals surface area (Å²) in [5, 5.41) is 11.0. The van der Waals surface area contributed by atoms with Crippen LogP contribution in [0.4, 0.5) is 19.0 Å². The number of nitrogens with one attached hydrogen (secondary N) is 1. The van der Waals surface area contributed by atoms with Crippen molar-refractivity contribution in [1.29, 1.82) is 0 Å². The van der Waals surface area contributed by atoms with E-state index in [0.29, 0.717) is 18.9 Å². The van der Waals surface area contributed by atoms with Crippen LogP contribution in [0.1, 0.15) is 19.8 Å². The van der Waals surface area contributed by atoms with Gasteiger partial charge in [0.1, 0.15) is 5.82 Å². The highest BCUT2D eigenvalue weighted by atomic mass is 19.4. The third kappa shape index (κ3) is 5.33. The van der Waals surface area contributed by atoms with Crippen LogP contribution in [0.25, 0.3) is 0 Å². The number of carbonyl (C=O) groups excluding carboxylic acids is 1. The van der Waals surface area contributed by atoms with Gasteiger partial charge >= 0.3 is 6.18 Å². The lowest BCUT2D eigenvalue weighted by atomic mass is 10.0. The molecule has 1 N–H and O–H groups in total. The van der Waals surface area contributed by atoms with Gasteiger partial charge in [-0.25, -0.2) is 0 Å². The number of nitrogens with zero attached hydrogens (tertiary/aromatic N) is 4. The van der Waals surface area contributed by atoms with Crippen molar-refractivity contribution in [1.82, 2.24) is 20.0 Å². The summed E-state index contributed by atoms with van der Waals surface area (Å²) in [6, 6.07) is 2.98. The molecule has 1 aromatic rings. The molecule has 0 saturated carbocycles. The van der Waals surface area contributed by atoms with Crippen LogP contribution in [-0.4, -0.2) is 70.8 Å². The molecule has 0 radical (unpaired) electrons. The lowest BCUT2D eigenvalue weighted by Crippen LogP contribution is -2.51. The molecule has 1 atom stereocenters. The number of hydrogen-bond donors (Lipinski definition) is 1. The SMILES string of the molecule is CC(C(=O)N1CCC(Nc2cccnn2)CC1)N(C)CC(F)(F)F. The minimum atomic E-state index is -4.31. The van der Waals surface area contributed by atoms with Gasteiger partial charge in [0.05, 0.1) is 12.6 Å². The Hall–Kier alpha value is -1.90. The first-order chi connectivity index (χ1) is 11.3. The van der Waals surface area contributed by atoms with Crippen LogP contribution in [0.2, 0.25) is 0 Å². The summed E-state index contributed by atoms with van der Waals surface area (Å²) in [5.74, 6) is 0.417. The Kier molecular flexibility index (Phi) is 5.98. The van der Waals surface area contributed by atoms with E-state index in [0.717, 1.165) is 17.7 Å². The number of alkyl halides is 3. The molecule has 2 heterocycles. The van der Waals surface area contributed by atoms with Crippen molar-refractivity contribution in [3.05, 3.63) is 18.3 Å². The fraction of sp³-hybridized carbons (Fsp3) is 0.667. The van der Waals surface area contributed by atoms with Gasteiger partial charge in [0.2, 0.25) is 5.91 Å². The van der Waals surface area contributed by atoms with Gasteiger partial charge < -0.3 is 10.2 Å². The standard InChI is InChI=1S/C15H22F3N5O/c1-11(22(2)10-15(16,17)18)14(24)23-8-5-12(6-9-23)20-13-4-3-7-19-21-13/h3-4,7,11-12H,5-6,8-10H2,1-2H3,(H,20,21). The monoisotopic (exact) mass is 345 g/mol. The van der Waals surface area contributed by atoms with Gasteiger partial charge in [-0.15, -0.1) is 5.10 Å². The summed E-state index contributed by atoms with van der Waals surface area (Å²) in [6.45, 7) is 1.45. The highest BCUT2D eigenvalue weighted by Crippen LogP contribution is 2.19. The molecule has 1 unspecified atom stereocenters. The van der Waals surface area contributed by atoms with E-state index in [9.17, 15) is 18.0 Å². The van der Waals surface area contributed by atoms with Gasteiger partial charge in [-0.05, 0) is 38.9 Å². The molecule has 134 valence electrons. The molecule has 1 saturated heterocycles. The lowest BCUT2D eigenvalue weighted by molar-refractivity contribution is -0.155. The number of anilines is 1. The van der Waals surface area contributed by atoms with Gasteiger partial charge in [-0.2, -0.15) is 18.3 Å². The predicted octanol–water partition coefficient (Wildman–Crippen LogP) is 1.76. The summed E-state index contributed by atoms with van der Waals surface area (Å²) in [5.41, 5.74) is 0. The second kappa shape index (κ2) is 7.78. The number of halogens is 3. The Morgan fingerprint density at radius 2 is 2.12 bits per heavy atom. The average molecular weight is 345 g/mol. The Balaban J connectivity index is 1.81. The number of rotatable bonds is 5. The van der Waals surface area contributed by atoms with Crippen LogP contribution in [0.5, 0.6) is 0 Å². The molecular weight excluding hydrogens is 323 g/mol. The van der Waals surface area contributed by atoms with E-state index in [4.69, 9.17) is 0 Å². The Bertz CT molecular complexity index is 532. The smallest absolute Gasteiger partial charge is 0.366 e. The van der Waals surface area contributed by atoms with Crippen molar-refractivity contribution >= 4 is 11.7 Å². The Morgan fingerprint density at radius 1 is 1.46 bits per heavy atom. The highest BCUT2D eigenvalue weighted by Gasteiger charge is 2.34. The summed E-state index contributed by atoms with van der Waals surface area (Å²) in [4.78, 5) is 15.0. The lowest BCUT2D eigenvalue weighted by Gasteiger charge is -2.36. The predicted molar refractivity (Wildman–Crippen MR) is 83.4 cm³/mol. The fourth-order valence-corrected chi connectivity index (χ4v) is 2.70. The average Bonchev–Trinajstić information content (AvgIpc) is 2.53. The van der Waals surface area contributed by atoms with Gasteiger partial charge in [0.15, 0.2) is 0 Å². The third-order valence-electron chi connectivity index (χ3n) is 4.18. The van der Waals surface area contributed by atoms with E-state index >= 15 is 0 Å². The van der Waals surface area contributed by atoms with Gasteiger partial charge in [-0.3, -0.25) is 9.69 Å². The maximum Gasteiger partial charge on any atom is 0.401 e. The van der Waals surface area contributed by atoms with Crippen LogP contribution >= 0.6 is 0 Å². The zero-order valence-electron chi connectivity index (χ0n) is 13.8. The molecule has 24 heavy (non-hydrogen) atoms. The summed E-state index contributed by atoms with van der Waals surface area (Å²) in [7, 11) is 1.32. The van der Waals surface area contributed by atoms with E-state index in [2.05, 4.69) is 15.5 Å². The number of amides is 1. The molecule has 6 nitrogen and oxygen atoms in total. The number of piperidine rings is 1. The summed E-state index contributed by atoms with van der Waals surface area (Å²) in [6.07, 6.45) is -1.28. The molecule has 0 aliphatic carbocycles. The molecule has 0 aromatic carbocycles. The molecule has 1 aromatic heterocycles. The maximum absolute atomic E-state index is 12.4. The molecule has 0 spiro atoms. The molecule has 2 rings (SSSR count). The van der Waals surface area contributed by atoms with Crippen LogP contribution in [0.3, 0.4) is 0 Å². The third-order valence-corrected chi connectivity index (χ3v) is 4.18. The van der Waals surface area contributed by atoms with Gasteiger partial charge in [-0.1, -0.05) is 0 Å². The molecule has 1 amide bonds. The number of likely N-dealkylation sites (N-methyl/N-ethyl adjacent to an activating group) is 1. The van der Waals surface area contributed by atoms with Crippen LogP contribution in [-0.2, 0) is 4.79 Å². The fourth-order valence-electron chi connectivity index (χ4n) is 2.70. The zero-order valence-corrected chi connectivity index (χ0v) is 13.8. The minimum Gasteiger partial charge on any atom is -0.366 e. The number of carbonyl (C=O) groups is 1. The number of aromatic nitrogens is 2. The molecular formula is C15H22F3N5O. The first-order valence-corrected chi connectivity index (χ1v) is 7.86. The quantitative estimate of drug-likeness (QED) is 0.881. The second-order valence-corrected chi connectivity index (χ2v) is 6.06. The molecule has 1 aliphatic heterocycles. The summed E-state index contributed by atoms with van der Waals surface area (Å²) < 4.78 is 37.3. The second-order valence-electron chi connectivity index (χ2n) is 6.06. The van der Waals surface area contributed by atoms with Gasteiger partial charge in [0.25, 0.3) is 0 Å². The zero-order chi connectivity index (χ0) is 17.7. The van der Waals surface area contributed by atoms with Gasteiger partial charge in [0, 0.05) is 25.3 Å². The van der Waals surface area contributed by atoms with E-state index in [-0.39, 0.29) is 11.9 Å². The van der Waals surface area contributed by atoms with Crippen molar-refractivity contribution < 1.29 is 18.0 Å². The van der Waals surface area contributed by atoms with Crippen LogP contribution < -0.4 is 5.32 Å². The first-order valence-electron chi connectivity index (χ1n) is 7.86. The summed E-state index contributed by atoms with van der Waals surface area (Å²) >= 11 is 0. The minimum absolute atomic E-state index is 0.175. The highest BCUT2D eigenvalue weighted by molar-refractivity contribution is 5.81. The molecule has 9 heteroatoms. The van der Waals surface area contributed by atoms with Crippen LogP contribution in [0, 0.1) is 0 Å². The maximum atomic E-state index is 12.4. The van der Waals surface area contributed by atoms with Crippen LogP contribution in [0.15, 0.2) is 18.3 Å². The Morgan fingerprint density at radius 3 is 2.67 bits per heavy atom.